The number of hydrogen-bond acceptors (Lipinski definition) is 4. The van der Waals surface area contributed by atoms with Crippen LogP contribution in [0, 0.1) is 0 Å². The fourth-order valence-corrected chi connectivity index (χ4v) is 3.62. The summed E-state index contributed by atoms with van der Waals surface area (Å²) in [5.74, 6) is -2.28. The van der Waals surface area contributed by atoms with E-state index in [0.29, 0.717) is 19.6 Å². The normalized spacial score (nSPS) is 21.8. The molecule has 0 saturated carbocycles. The highest BCUT2D eigenvalue weighted by molar-refractivity contribution is 5.82. The molecule has 26 heavy (non-hydrogen) atoms. The number of aromatic nitrogens is 2. The van der Waals surface area contributed by atoms with Gasteiger partial charge in [0.25, 0.3) is 5.92 Å². The van der Waals surface area contributed by atoms with Crippen molar-refractivity contribution < 1.29 is 18.3 Å². The van der Waals surface area contributed by atoms with Gasteiger partial charge in [-0.15, -0.1) is 0 Å². The number of carbonyl (C=O) groups excluding carboxylic acids is 1. The number of methoxy groups -OCH3 is 1. The average molecular weight is 362 g/mol. The molecule has 0 unspecified atom stereocenters. The van der Waals surface area contributed by atoms with E-state index in [1.165, 1.54) is 4.90 Å². The molecule has 2 aliphatic rings. The van der Waals surface area contributed by atoms with Crippen LogP contribution in [0.3, 0.4) is 0 Å². The third kappa shape index (κ3) is 3.05. The molecule has 1 amide bonds. The zero-order valence-electron chi connectivity index (χ0n) is 14.4. The molecule has 1 atom stereocenters. The molecule has 6 nitrogen and oxygen atoms in total. The van der Waals surface area contributed by atoms with Crippen LogP contribution in [0.4, 0.5) is 8.78 Å². The fourth-order valence-electron chi connectivity index (χ4n) is 3.62. The van der Waals surface area contributed by atoms with E-state index in [1.807, 2.05) is 30.3 Å². The third-order valence-electron chi connectivity index (χ3n) is 4.89. The van der Waals surface area contributed by atoms with Crippen molar-refractivity contribution in [2.24, 2.45) is 0 Å². The van der Waals surface area contributed by atoms with Gasteiger partial charge in [0, 0.05) is 31.4 Å². The van der Waals surface area contributed by atoms with Gasteiger partial charge in [-0.2, -0.15) is 5.10 Å². The first-order valence-corrected chi connectivity index (χ1v) is 8.50. The molecule has 2 aliphatic heterocycles. The second-order valence-corrected chi connectivity index (χ2v) is 6.81. The first kappa shape index (κ1) is 17.0. The van der Waals surface area contributed by atoms with Gasteiger partial charge < -0.3 is 9.64 Å². The highest BCUT2D eigenvalue weighted by Crippen LogP contribution is 2.31. The Labute approximate surface area is 149 Å². The van der Waals surface area contributed by atoms with Crippen LogP contribution in [-0.2, 0) is 17.9 Å². The van der Waals surface area contributed by atoms with Crippen LogP contribution in [0.25, 0.3) is 0 Å². The Hall–Kier alpha value is -2.48. The van der Waals surface area contributed by atoms with Gasteiger partial charge in [0.15, 0.2) is 0 Å². The van der Waals surface area contributed by atoms with Crippen LogP contribution in [0.1, 0.15) is 17.3 Å². The molecule has 0 N–H and O–H groups in total. The molecule has 1 aromatic carbocycles. The highest BCUT2D eigenvalue weighted by atomic mass is 19.3. The van der Waals surface area contributed by atoms with Crippen molar-refractivity contribution in [3.8, 4) is 5.75 Å². The number of hydrogen-bond donors (Lipinski definition) is 0. The number of likely N-dealkylation sites (tertiary alicyclic amines) is 1. The third-order valence-corrected chi connectivity index (χ3v) is 4.89. The summed E-state index contributed by atoms with van der Waals surface area (Å²) in [6, 6.07) is 9.01. The molecule has 1 saturated heterocycles. The number of fused-ring (bicyclic) bond motifs is 1. The second-order valence-electron chi connectivity index (χ2n) is 6.81. The lowest BCUT2D eigenvalue weighted by Gasteiger charge is -2.42. The monoisotopic (exact) mass is 362 g/mol. The van der Waals surface area contributed by atoms with E-state index >= 15 is 0 Å². The molecule has 1 aromatic heterocycles. The van der Waals surface area contributed by atoms with Crippen molar-refractivity contribution in [2.75, 3.05) is 26.7 Å². The highest BCUT2D eigenvalue weighted by Gasteiger charge is 2.48. The molecule has 0 bridgehead atoms. The van der Waals surface area contributed by atoms with Crippen molar-refractivity contribution in [2.45, 2.75) is 25.1 Å². The second kappa shape index (κ2) is 6.35. The summed E-state index contributed by atoms with van der Waals surface area (Å²) >= 11 is 0. The number of benzene rings is 1. The molecule has 0 aliphatic carbocycles. The zero-order valence-corrected chi connectivity index (χ0v) is 14.4. The lowest BCUT2D eigenvalue weighted by molar-refractivity contribution is -0.170. The molecule has 8 heteroatoms. The van der Waals surface area contributed by atoms with Crippen LogP contribution in [-0.4, -0.2) is 58.2 Å². The number of para-hydroxylation sites is 1. The van der Waals surface area contributed by atoms with Crippen molar-refractivity contribution in [1.29, 1.82) is 0 Å². The summed E-state index contributed by atoms with van der Waals surface area (Å²) in [7, 11) is 1.63. The van der Waals surface area contributed by atoms with Crippen molar-refractivity contribution in [3.05, 3.63) is 47.8 Å². The van der Waals surface area contributed by atoms with Crippen molar-refractivity contribution in [3.63, 3.8) is 0 Å². The van der Waals surface area contributed by atoms with E-state index in [2.05, 4.69) is 10.00 Å². The lowest BCUT2D eigenvalue weighted by Crippen LogP contribution is -2.61. The number of rotatable bonds is 4. The van der Waals surface area contributed by atoms with Crippen LogP contribution in [0.2, 0.25) is 0 Å². The Morgan fingerprint density at radius 3 is 2.81 bits per heavy atom. The first-order chi connectivity index (χ1) is 12.5. The molecule has 138 valence electrons. The predicted octanol–water partition coefficient (Wildman–Crippen LogP) is 1.93. The minimum Gasteiger partial charge on any atom is -0.496 e. The number of amides is 1. The van der Waals surface area contributed by atoms with Crippen molar-refractivity contribution in [1.82, 2.24) is 19.6 Å². The number of carbonyl (C=O) groups is 1. The summed E-state index contributed by atoms with van der Waals surface area (Å²) in [6.45, 7) is 0.650. The summed E-state index contributed by atoms with van der Waals surface area (Å²) in [6.07, 6.45) is 1.65. The van der Waals surface area contributed by atoms with E-state index in [-0.39, 0.29) is 5.91 Å². The Bertz CT molecular complexity index is 815. The molecule has 1 fully saturated rings. The summed E-state index contributed by atoms with van der Waals surface area (Å²) in [5.41, 5.74) is 1.92. The molecular weight excluding hydrogens is 342 g/mol. The van der Waals surface area contributed by atoms with Crippen LogP contribution >= 0.6 is 0 Å². The number of ether oxygens (including phenoxy) is 1. The van der Waals surface area contributed by atoms with Gasteiger partial charge >= 0.3 is 0 Å². The van der Waals surface area contributed by atoms with E-state index in [9.17, 15) is 13.6 Å². The summed E-state index contributed by atoms with van der Waals surface area (Å²) < 4.78 is 33.4. The molecule has 0 spiro atoms. The van der Waals surface area contributed by atoms with Gasteiger partial charge in [-0.3, -0.25) is 14.4 Å². The zero-order chi connectivity index (χ0) is 18.3. The Morgan fingerprint density at radius 1 is 1.31 bits per heavy atom. The average Bonchev–Trinajstić information content (AvgIpc) is 3.07. The van der Waals surface area contributed by atoms with Gasteiger partial charge in [-0.05, 0) is 12.1 Å². The summed E-state index contributed by atoms with van der Waals surface area (Å²) in [4.78, 5) is 16.1. The molecule has 0 radical (unpaired) electrons. The van der Waals surface area contributed by atoms with Crippen LogP contribution < -0.4 is 4.74 Å². The van der Waals surface area contributed by atoms with Gasteiger partial charge in [-0.25, -0.2) is 8.78 Å². The number of nitrogens with zero attached hydrogens (tertiary/aromatic N) is 4. The van der Waals surface area contributed by atoms with E-state index in [1.54, 1.807) is 18.0 Å². The molecule has 4 rings (SSSR count). The van der Waals surface area contributed by atoms with E-state index < -0.39 is 25.1 Å². The Morgan fingerprint density at radius 2 is 2.08 bits per heavy atom. The number of alkyl halides is 2. The van der Waals surface area contributed by atoms with Gasteiger partial charge in [0.1, 0.15) is 11.8 Å². The smallest absolute Gasteiger partial charge is 0.282 e. The topological polar surface area (TPSA) is 50.6 Å². The maximum absolute atomic E-state index is 13.2. The summed E-state index contributed by atoms with van der Waals surface area (Å²) in [5, 5.41) is 4.24. The maximum atomic E-state index is 13.2. The Kier molecular flexibility index (Phi) is 4.14. The predicted molar refractivity (Wildman–Crippen MR) is 89.9 cm³/mol. The SMILES string of the molecule is COc1ccccc1CN1Cc2ccnn2[C@H](C(=O)N2CC(F)(F)C2)C1. The fraction of sp³-hybridized carbons (Fsp3) is 0.444. The largest absolute Gasteiger partial charge is 0.496 e. The quantitative estimate of drug-likeness (QED) is 0.834. The molecular formula is C18H20F2N4O2. The minimum atomic E-state index is -2.77. The maximum Gasteiger partial charge on any atom is 0.282 e. The van der Waals surface area contributed by atoms with E-state index in [0.717, 1.165) is 17.0 Å². The van der Waals surface area contributed by atoms with Gasteiger partial charge in [0.05, 0.1) is 25.9 Å². The standard InChI is InChI=1S/C18H20F2N4O2/c1-26-16-5-3-2-4-13(16)8-22-9-14-6-7-21-24(14)15(10-22)17(25)23-11-18(19,20)12-23/h2-7,15H,8-12H2,1H3/t15-/m0/s1. The molecule has 2 aromatic rings. The van der Waals surface area contributed by atoms with Gasteiger partial charge in [-0.1, -0.05) is 18.2 Å². The van der Waals surface area contributed by atoms with Crippen LogP contribution in [0.5, 0.6) is 5.75 Å². The number of halogens is 2. The van der Waals surface area contributed by atoms with E-state index in [4.69, 9.17) is 4.74 Å². The molecule has 3 heterocycles. The van der Waals surface area contributed by atoms with Crippen molar-refractivity contribution >= 4 is 5.91 Å². The van der Waals surface area contributed by atoms with Crippen LogP contribution in [0.15, 0.2) is 36.5 Å². The minimum absolute atomic E-state index is 0.300. The Balaban J connectivity index is 1.54. The van der Waals surface area contributed by atoms with Gasteiger partial charge in [0.2, 0.25) is 5.91 Å². The first-order valence-electron chi connectivity index (χ1n) is 8.50. The lowest BCUT2D eigenvalue weighted by atomic mass is 10.1.